The third-order valence-corrected chi connectivity index (χ3v) is 4.78. The van der Waals surface area contributed by atoms with Gasteiger partial charge < -0.3 is 15.5 Å². The van der Waals surface area contributed by atoms with Gasteiger partial charge in [-0.15, -0.1) is 11.3 Å². The number of hydrogen-bond acceptors (Lipinski definition) is 5. The highest BCUT2D eigenvalue weighted by Crippen LogP contribution is 2.18. The summed E-state index contributed by atoms with van der Waals surface area (Å²) in [6.07, 6.45) is 7.79. The lowest BCUT2D eigenvalue weighted by molar-refractivity contribution is 0.380. The maximum Gasteiger partial charge on any atom is 0.191 e. The molecular weight excluding hydrogens is 310 g/mol. The van der Waals surface area contributed by atoms with Gasteiger partial charge in [-0.1, -0.05) is 0 Å². The Labute approximate surface area is 140 Å². The number of nitrogens with zero attached hydrogens (tertiary/aromatic N) is 6. The van der Waals surface area contributed by atoms with Gasteiger partial charge in [0.15, 0.2) is 11.1 Å². The maximum atomic E-state index is 6.12. The number of piperazine rings is 1. The zero-order chi connectivity index (χ0) is 16.1. The van der Waals surface area contributed by atoms with Crippen LogP contribution in [0.4, 0.5) is 5.13 Å². The number of rotatable bonds is 5. The molecule has 1 fully saturated rings. The minimum atomic E-state index is 0.662. The SMILES string of the molecule is Cn1cc(CCCN=C(N)N2CCN(c3nccs3)CC2)cn1. The molecule has 0 amide bonds. The van der Waals surface area contributed by atoms with Gasteiger partial charge in [0.2, 0.25) is 0 Å². The van der Waals surface area contributed by atoms with Crippen molar-refractivity contribution in [2.75, 3.05) is 37.6 Å². The molecule has 0 aromatic carbocycles. The van der Waals surface area contributed by atoms with Crippen molar-refractivity contribution in [3.8, 4) is 0 Å². The Morgan fingerprint density at radius 2 is 2.17 bits per heavy atom. The van der Waals surface area contributed by atoms with Crippen molar-refractivity contribution in [2.45, 2.75) is 12.8 Å². The van der Waals surface area contributed by atoms with Crippen LogP contribution in [0.1, 0.15) is 12.0 Å². The van der Waals surface area contributed by atoms with Gasteiger partial charge in [0.25, 0.3) is 0 Å². The number of aliphatic imine (C=N–C) groups is 1. The molecule has 1 saturated heterocycles. The van der Waals surface area contributed by atoms with Gasteiger partial charge in [0, 0.05) is 57.5 Å². The number of aryl methyl sites for hydroxylation is 2. The first-order valence-corrected chi connectivity index (χ1v) is 8.77. The minimum absolute atomic E-state index is 0.662. The van der Waals surface area contributed by atoms with Gasteiger partial charge in [-0.2, -0.15) is 5.10 Å². The van der Waals surface area contributed by atoms with Crippen molar-refractivity contribution in [2.24, 2.45) is 17.8 Å². The normalized spacial score (nSPS) is 16.1. The van der Waals surface area contributed by atoms with E-state index in [9.17, 15) is 0 Å². The molecule has 23 heavy (non-hydrogen) atoms. The maximum absolute atomic E-state index is 6.12. The molecule has 0 aliphatic carbocycles. The van der Waals surface area contributed by atoms with Crippen LogP contribution in [-0.2, 0) is 13.5 Å². The smallest absolute Gasteiger partial charge is 0.191 e. The molecule has 1 aliphatic rings. The van der Waals surface area contributed by atoms with E-state index < -0.39 is 0 Å². The van der Waals surface area contributed by atoms with Crippen LogP contribution >= 0.6 is 11.3 Å². The zero-order valence-electron chi connectivity index (χ0n) is 13.4. The molecule has 2 N–H and O–H groups in total. The Balaban J connectivity index is 1.41. The first-order valence-electron chi connectivity index (χ1n) is 7.89. The molecule has 0 bridgehead atoms. The lowest BCUT2D eigenvalue weighted by Gasteiger charge is -2.35. The van der Waals surface area contributed by atoms with Gasteiger partial charge in [-0.05, 0) is 18.4 Å². The lowest BCUT2D eigenvalue weighted by atomic mass is 10.2. The fourth-order valence-electron chi connectivity index (χ4n) is 2.68. The first kappa shape index (κ1) is 15.8. The summed E-state index contributed by atoms with van der Waals surface area (Å²) in [4.78, 5) is 13.3. The summed E-state index contributed by atoms with van der Waals surface area (Å²) in [7, 11) is 1.94. The van der Waals surface area contributed by atoms with E-state index in [0.717, 1.165) is 50.7 Å². The second-order valence-electron chi connectivity index (χ2n) is 5.65. The third-order valence-electron chi connectivity index (χ3n) is 3.95. The van der Waals surface area contributed by atoms with Crippen LogP contribution in [0, 0.1) is 0 Å². The standard InChI is InChI=1S/C15H23N7S/c1-20-12-13(11-19-20)3-2-4-17-14(16)21-6-8-22(9-7-21)15-18-5-10-23-15/h5,10-12H,2-4,6-9H2,1H3,(H2,16,17). The van der Waals surface area contributed by atoms with E-state index in [-0.39, 0.29) is 0 Å². The second-order valence-corrected chi connectivity index (χ2v) is 6.53. The van der Waals surface area contributed by atoms with E-state index in [1.807, 2.05) is 35.7 Å². The molecule has 0 atom stereocenters. The molecule has 0 saturated carbocycles. The fraction of sp³-hybridized carbons (Fsp3) is 0.533. The largest absolute Gasteiger partial charge is 0.370 e. The summed E-state index contributed by atoms with van der Waals surface area (Å²) in [6.45, 7) is 4.45. The number of guanidine groups is 1. The molecule has 2 aromatic rings. The molecule has 124 valence electrons. The monoisotopic (exact) mass is 333 g/mol. The van der Waals surface area contributed by atoms with Crippen LogP contribution in [-0.4, -0.2) is 58.3 Å². The van der Waals surface area contributed by atoms with Crippen molar-refractivity contribution in [3.05, 3.63) is 29.5 Å². The first-order chi connectivity index (χ1) is 11.2. The predicted octanol–water partition coefficient (Wildman–Crippen LogP) is 0.946. The molecular formula is C15H23N7S. The average Bonchev–Trinajstić information content (AvgIpc) is 3.23. The van der Waals surface area contributed by atoms with Gasteiger partial charge in [0.05, 0.1) is 6.20 Å². The molecule has 0 radical (unpaired) electrons. The van der Waals surface area contributed by atoms with E-state index in [4.69, 9.17) is 5.73 Å². The van der Waals surface area contributed by atoms with Crippen LogP contribution in [0.25, 0.3) is 0 Å². The Morgan fingerprint density at radius 1 is 1.35 bits per heavy atom. The van der Waals surface area contributed by atoms with Crippen LogP contribution in [0.2, 0.25) is 0 Å². The third kappa shape index (κ3) is 4.22. The van der Waals surface area contributed by atoms with Gasteiger partial charge >= 0.3 is 0 Å². The lowest BCUT2D eigenvalue weighted by Crippen LogP contribution is -2.51. The van der Waals surface area contributed by atoms with Crippen molar-refractivity contribution in [3.63, 3.8) is 0 Å². The molecule has 0 spiro atoms. The van der Waals surface area contributed by atoms with Gasteiger partial charge in [-0.25, -0.2) is 4.98 Å². The molecule has 1 aliphatic heterocycles. The van der Waals surface area contributed by atoms with E-state index in [1.54, 1.807) is 11.3 Å². The summed E-state index contributed by atoms with van der Waals surface area (Å²) in [5.41, 5.74) is 7.37. The number of anilines is 1. The highest BCUT2D eigenvalue weighted by Gasteiger charge is 2.19. The predicted molar refractivity (Wildman–Crippen MR) is 93.9 cm³/mol. The highest BCUT2D eigenvalue weighted by atomic mass is 32.1. The zero-order valence-corrected chi connectivity index (χ0v) is 14.2. The van der Waals surface area contributed by atoms with Crippen LogP contribution in [0.3, 0.4) is 0 Å². The Kier molecular flexibility index (Phi) is 5.12. The minimum Gasteiger partial charge on any atom is -0.370 e. The average molecular weight is 333 g/mol. The molecule has 2 aromatic heterocycles. The van der Waals surface area contributed by atoms with Crippen LogP contribution < -0.4 is 10.6 Å². The van der Waals surface area contributed by atoms with Crippen molar-refractivity contribution >= 4 is 22.4 Å². The highest BCUT2D eigenvalue weighted by molar-refractivity contribution is 7.13. The molecule has 7 nitrogen and oxygen atoms in total. The summed E-state index contributed by atoms with van der Waals surface area (Å²) < 4.78 is 1.83. The molecule has 3 heterocycles. The summed E-state index contributed by atoms with van der Waals surface area (Å²) in [5.74, 6) is 0.662. The quantitative estimate of drug-likeness (QED) is 0.501. The van der Waals surface area contributed by atoms with Gasteiger partial charge in [0.1, 0.15) is 0 Å². The number of hydrogen-bond donors (Lipinski definition) is 1. The van der Waals surface area contributed by atoms with E-state index in [1.165, 1.54) is 5.56 Å². The number of thiazole rings is 1. The van der Waals surface area contributed by atoms with Crippen molar-refractivity contribution in [1.29, 1.82) is 0 Å². The van der Waals surface area contributed by atoms with E-state index in [2.05, 4.69) is 24.9 Å². The second kappa shape index (κ2) is 7.45. The number of nitrogens with two attached hydrogens (primary N) is 1. The Bertz CT molecular complexity index is 626. The summed E-state index contributed by atoms with van der Waals surface area (Å²) in [5, 5.41) is 7.28. The van der Waals surface area contributed by atoms with Gasteiger partial charge in [-0.3, -0.25) is 9.67 Å². The number of aromatic nitrogens is 3. The van der Waals surface area contributed by atoms with Crippen LogP contribution in [0.15, 0.2) is 29.0 Å². The molecule has 0 unspecified atom stereocenters. The summed E-state index contributed by atoms with van der Waals surface area (Å²) >= 11 is 1.68. The fourth-order valence-corrected chi connectivity index (χ4v) is 3.37. The molecule has 3 rings (SSSR count). The molecule has 8 heteroatoms. The van der Waals surface area contributed by atoms with E-state index in [0.29, 0.717) is 5.96 Å². The Hall–Kier alpha value is -2.09. The summed E-state index contributed by atoms with van der Waals surface area (Å²) in [6, 6.07) is 0. The Morgan fingerprint density at radius 3 is 2.83 bits per heavy atom. The van der Waals surface area contributed by atoms with Crippen LogP contribution in [0.5, 0.6) is 0 Å². The van der Waals surface area contributed by atoms with Crippen molar-refractivity contribution in [1.82, 2.24) is 19.7 Å². The topological polar surface area (TPSA) is 75.6 Å². The van der Waals surface area contributed by atoms with E-state index >= 15 is 0 Å². The van der Waals surface area contributed by atoms with Crippen molar-refractivity contribution < 1.29 is 0 Å².